The van der Waals surface area contributed by atoms with E-state index in [1.165, 1.54) is 10.9 Å². The number of aromatic nitrogens is 2. The average molecular weight is 352 g/mol. The number of rotatable bonds is 7. The van der Waals surface area contributed by atoms with Gasteiger partial charge in [0.05, 0.1) is 35.9 Å². The predicted octanol–water partition coefficient (Wildman–Crippen LogP) is 3.04. The fourth-order valence-corrected chi connectivity index (χ4v) is 2.52. The third-order valence-corrected chi connectivity index (χ3v) is 3.84. The molecule has 2 aromatic carbocycles. The lowest BCUT2D eigenvalue weighted by Crippen LogP contribution is -2.23. The molecule has 0 spiro atoms. The van der Waals surface area contributed by atoms with Crippen molar-refractivity contribution in [1.82, 2.24) is 9.55 Å². The second-order valence-corrected chi connectivity index (χ2v) is 5.77. The van der Waals surface area contributed by atoms with E-state index in [0.29, 0.717) is 28.8 Å². The molecule has 3 rings (SSSR count). The topological polar surface area (TPSA) is 70.4 Å². The Morgan fingerprint density at radius 3 is 2.81 bits per heavy atom. The van der Waals surface area contributed by atoms with Gasteiger partial charge in [-0.3, -0.25) is 9.36 Å². The molecule has 0 atom stereocenters. The van der Waals surface area contributed by atoms with Crippen molar-refractivity contribution in [3.05, 3.63) is 70.8 Å². The molecule has 0 aliphatic rings. The molecule has 6 heteroatoms. The number of nitrogens with zero attached hydrogens (tertiary/aromatic N) is 2. The lowest BCUT2D eigenvalue weighted by Gasteiger charge is -2.09. The molecule has 6 nitrogen and oxygen atoms in total. The number of hydrogen-bond donors (Lipinski definition) is 0. The summed E-state index contributed by atoms with van der Waals surface area (Å²) in [7, 11) is 0. The molecule has 0 N–H and O–H groups in total. The maximum absolute atomic E-state index is 12.4. The van der Waals surface area contributed by atoms with Gasteiger partial charge in [-0.2, -0.15) is 0 Å². The summed E-state index contributed by atoms with van der Waals surface area (Å²) >= 11 is 0. The van der Waals surface area contributed by atoms with Crippen LogP contribution < -0.4 is 10.3 Å². The van der Waals surface area contributed by atoms with E-state index < -0.39 is 5.97 Å². The van der Waals surface area contributed by atoms with Crippen LogP contribution >= 0.6 is 0 Å². The minimum Gasteiger partial charge on any atom is -0.494 e. The summed E-state index contributed by atoms with van der Waals surface area (Å²) in [4.78, 5) is 28.8. The normalized spacial score (nSPS) is 10.7. The smallest absolute Gasteiger partial charge is 0.338 e. The van der Waals surface area contributed by atoms with Crippen LogP contribution in [0, 0.1) is 0 Å². The van der Waals surface area contributed by atoms with Gasteiger partial charge in [-0.15, -0.1) is 0 Å². The number of esters is 1. The molecule has 0 unspecified atom stereocenters. The molecule has 0 amide bonds. The monoisotopic (exact) mass is 352 g/mol. The molecule has 1 heterocycles. The van der Waals surface area contributed by atoms with Gasteiger partial charge in [0, 0.05) is 0 Å². The van der Waals surface area contributed by atoms with E-state index in [4.69, 9.17) is 9.47 Å². The van der Waals surface area contributed by atoms with E-state index in [-0.39, 0.29) is 18.7 Å². The average Bonchev–Trinajstić information content (AvgIpc) is 2.68. The Bertz CT molecular complexity index is 965. The van der Waals surface area contributed by atoms with Gasteiger partial charge in [-0.25, -0.2) is 9.78 Å². The fraction of sp³-hybridized carbons (Fsp3) is 0.250. The van der Waals surface area contributed by atoms with Crippen LogP contribution in [0.5, 0.6) is 5.75 Å². The van der Waals surface area contributed by atoms with Crippen molar-refractivity contribution in [3.63, 3.8) is 0 Å². The first-order valence-electron chi connectivity index (χ1n) is 8.53. The zero-order valence-electron chi connectivity index (χ0n) is 14.6. The van der Waals surface area contributed by atoms with E-state index in [9.17, 15) is 9.59 Å². The predicted molar refractivity (Wildman–Crippen MR) is 98.5 cm³/mol. The second kappa shape index (κ2) is 8.29. The maximum Gasteiger partial charge on any atom is 0.338 e. The number of carbonyl (C=O) groups is 1. The number of para-hydroxylation sites is 1. The lowest BCUT2D eigenvalue weighted by atomic mass is 10.2. The van der Waals surface area contributed by atoms with E-state index in [1.54, 1.807) is 42.5 Å². The molecule has 0 saturated carbocycles. The Labute approximate surface area is 151 Å². The van der Waals surface area contributed by atoms with Gasteiger partial charge in [-0.05, 0) is 36.8 Å². The molecule has 0 aliphatic heterocycles. The molecule has 3 aromatic rings. The number of carbonyl (C=O) groups excluding carboxylic acids is 1. The minimum atomic E-state index is -0.450. The Balaban J connectivity index is 1.62. The zero-order valence-corrected chi connectivity index (χ0v) is 14.6. The SMILES string of the molecule is CCCOc1cccc(C(=O)OCCn2cnc3ccccc3c2=O)c1. The molecular weight excluding hydrogens is 332 g/mol. The Kier molecular flexibility index (Phi) is 5.63. The summed E-state index contributed by atoms with van der Waals surface area (Å²) in [5.74, 6) is 0.185. The van der Waals surface area contributed by atoms with Crippen LogP contribution in [0.4, 0.5) is 0 Å². The number of benzene rings is 2. The highest BCUT2D eigenvalue weighted by molar-refractivity contribution is 5.89. The molecule has 0 radical (unpaired) electrons. The highest BCUT2D eigenvalue weighted by atomic mass is 16.5. The summed E-state index contributed by atoms with van der Waals surface area (Å²) in [6, 6.07) is 14.0. The summed E-state index contributed by atoms with van der Waals surface area (Å²) < 4.78 is 12.2. The van der Waals surface area contributed by atoms with Gasteiger partial charge in [-0.1, -0.05) is 25.1 Å². The zero-order chi connectivity index (χ0) is 18.4. The van der Waals surface area contributed by atoms with Crippen LogP contribution in [0.2, 0.25) is 0 Å². The first kappa shape index (κ1) is 17.7. The van der Waals surface area contributed by atoms with Gasteiger partial charge < -0.3 is 9.47 Å². The van der Waals surface area contributed by atoms with Crippen molar-refractivity contribution in [1.29, 1.82) is 0 Å². The summed E-state index contributed by atoms with van der Waals surface area (Å²) in [6.45, 7) is 2.94. The van der Waals surface area contributed by atoms with Crippen LogP contribution in [-0.2, 0) is 11.3 Å². The Hall–Kier alpha value is -3.15. The van der Waals surface area contributed by atoms with Crippen LogP contribution in [0.1, 0.15) is 23.7 Å². The van der Waals surface area contributed by atoms with Crippen molar-refractivity contribution in [2.45, 2.75) is 19.9 Å². The molecule has 0 saturated heterocycles. The standard InChI is InChI=1S/C20H20N2O4/c1-2-11-25-16-7-5-6-15(13-16)20(24)26-12-10-22-14-21-18-9-4-3-8-17(18)19(22)23/h3-9,13-14H,2,10-12H2,1H3. The van der Waals surface area contributed by atoms with Gasteiger partial charge in [0.2, 0.25) is 0 Å². The lowest BCUT2D eigenvalue weighted by molar-refractivity contribution is 0.0489. The van der Waals surface area contributed by atoms with E-state index in [2.05, 4.69) is 4.98 Å². The summed E-state index contributed by atoms with van der Waals surface area (Å²) in [5, 5.41) is 0.544. The summed E-state index contributed by atoms with van der Waals surface area (Å²) in [6.07, 6.45) is 2.36. The molecular formula is C20H20N2O4. The van der Waals surface area contributed by atoms with Crippen LogP contribution in [-0.4, -0.2) is 28.7 Å². The highest BCUT2D eigenvalue weighted by Crippen LogP contribution is 2.14. The van der Waals surface area contributed by atoms with Crippen molar-refractivity contribution in [2.24, 2.45) is 0 Å². The van der Waals surface area contributed by atoms with Crippen molar-refractivity contribution < 1.29 is 14.3 Å². The largest absolute Gasteiger partial charge is 0.494 e. The van der Waals surface area contributed by atoms with Crippen molar-refractivity contribution in [2.75, 3.05) is 13.2 Å². The van der Waals surface area contributed by atoms with Crippen LogP contribution in [0.25, 0.3) is 10.9 Å². The first-order chi connectivity index (χ1) is 12.7. The quantitative estimate of drug-likeness (QED) is 0.611. The highest BCUT2D eigenvalue weighted by Gasteiger charge is 2.09. The van der Waals surface area contributed by atoms with Gasteiger partial charge in [0.1, 0.15) is 12.4 Å². The van der Waals surface area contributed by atoms with Gasteiger partial charge in [0.25, 0.3) is 5.56 Å². The number of fused-ring (bicyclic) bond motifs is 1. The third-order valence-electron chi connectivity index (χ3n) is 3.84. The molecule has 0 fully saturated rings. The molecule has 26 heavy (non-hydrogen) atoms. The van der Waals surface area contributed by atoms with E-state index >= 15 is 0 Å². The Morgan fingerprint density at radius 1 is 1.12 bits per heavy atom. The molecule has 134 valence electrons. The maximum atomic E-state index is 12.4. The minimum absolute atomic E-state index is 0.0821. The molecule has 0 aliphatic carbocycles. The number of hydrogen-bond acceptors (Lipinski definition) is 5. The second-order valence-electron chi connectivity index (χ2n) is 5.77. The van der Waals surface area contributed by atoms with Crippen molar-refractivity contribution in [3.8, 4) is 5.75 Å². The Morgan fingerprint density at radius 2 is 1.96 bits per heavy atom. The van der Waals surface area contributed by atoms with Gasteiger partial charge in [0.15, 0.2) is 0 Å². The third kappa shape index (κ3) is 4.08. The van der Waals surface area contributed by atoms with Gasteiger partial charge >= 0.3 is 5.97 Å². The van der Waals surface area contributed by atoms with E-state index in [0.717, 1.165) is 6.42 Å². The van der Waals surface area contributed by atoms with E-state index in [1.807, 2.05) is 13.0 Å². The number of ether oxygens (including phenoxy) is 2. The first-order valence-corrected chi connectivity index (χ1v) is 8.53. The molecule has 0 bridgehead atoms. The summed E-state index contributed by atoms with van der Waals surface area (Å²) in [5.41, 5.74) is 0.916. The van der Waals surface area contributed by atoms with Crippen LogP contribution in [0.3, 0.4) is 0 Å². The fourth-order valence-electron chi connectivity index (χ4n) is 2.52. The molecule has 1 aromatic heterocycles. The van der Waals surface area contributed by atoms with Crippen molar-refractivity contribution >= 4 is 16.9 Å². The van der Waals surface area contributed by atoms with Crippen LogP contribution in [0.15, 0.2) is 59.7 Å².